The molecule has 4 rings (SSSR count). The number of fused-ring (bicyclic) bond motifs is 1. The van der Waals surface area contributed by atoms with Crippen molar-refractivity contribution in [3.8, 4) is 16.9 Å². The highest BCUT2D eigenvalue weighted by Crippen LogP contribution is 2.31. The van der Waals surface area contributed by atoms with E-state index >= 15 is 4.39 Å². The average molecular weight is 610 g/mol. The molecular formula is C30H37ClFN9O2. The third kappa shape index (κ3) is 7.98. The molecule has 43 heavy (non-hydrogen) atoms. The lowest BCUT2D eigenvalue weighted by Crippen LogP contribution is -2.43. The lowest BCUT2D eigenvalue weighted by Gasteiger charge is -2.21. The van der Waals surface area contributed by atoms with Crippen LogP contribution in [0.5, 0.6) is 0 Å². The fourth-order valence-corrected chi connectivity index (χ4v) is 5.13. The molecule has 0 unspecified atom stereocenters. The zero-order chi connectivity index (χ0) is 31.3. The topological polar surface area (TPSA) is 196 Å². The Hall–Kier alpha value is -4.26. The molecule has 0 aliphatic rings. The minimum atomic E-state index is -0.634. The summed E-state index contributed by atoms with van der Waals surface area (Å²) < 4.78 is 16.5. The summed E-state index contributed by atoms with van der Waals surface area (Å²) >= 11 is 6.23. The predicted octanol–water partition coefficient (Wildman–Crippen LogP) is 3.01. The molecule has 13 heteroatoms. The van der Waals surface area contributed by atoms with Crippen LogP contribution in [-0.4, -0.2) is 45.0 Å². The zero-order valence-electron chi connectivity index (χ0n) is 24.1. The molecule has 3 atom stereocenters. The number of amides is 1. The van der Waals surface area contributed by atoms with Crippen molar-refractivity contribution in [1.29, 1.82) is 0 Å². The predicted molar refractivity (Wildman–Crippen MR) is 169 cm³/mol. The second kappa shape index (κ2) is 13.8. The molecule has 228 valence electrons. The number of aliphatic imine (C=N–C) groups is 1. The summed E-state index contributed by atoms with van der Waals surface area (Å²) in [5.74, 6) is -1.12. The minimum Gasteiger partial charge on any atom is -0.370 e. The number of aromatic nitrogens is 3. The van der Waals surface area contributed by atoms with Gasteiger partial charge in [-0.2, -0.15) is 4.98 Å². The number of rotatable bonds is 13. The van der Waals surface area contributed by atoms with Crippen LogP contribution in [0.4, 0.5) is 4.39 Å². The molecule has 11 nitrogen and oxygen atoms in total. The summed E-state index contributed by atoms with van der Waals surface area (Å²) in [4.78, 5) is 36.0. The monoisotopic (exact) mass is 609 g/mol. The van der Waals surface area contributed by atoms with E-state index in [2.05, 4.69) is 20.3 Å². The number of nitrogens with one attached hydrogen (secondary N) is 2. The molecule has 2 aromatic carbocycles. The van der Waals surface area contributed by atoms with Crippen molar-refractivity contribution in [2.45, 2.75) is 57.7 Å². The number of aryl methyl sites for hydroxylation is 1. The average Bonchev–Trinajstić information content (AvgIpc) is 3.36. The number of carbonyl (C=O) groups is 1. The maximum atomic E-state index is 15.1. The van der Waals surface area contributed by atoms with Crippen molar-refractivity contribution in [3.63, 3.8) is 0 Å². The first-order valence-electron chi connectivity index (χ1n) is 14.0. The van der Waals surface area contributed by atoms with Gasteiger partial charge in [0.05, 0.1) is 22.4 Å². The maximum Gasteiger partial charge on any atom is 0.354 e. The van der Waals surface area contributed by atoms with Gasteiger partial charge >= 0.3 is 5.69 Å². The Labute approximate surface area is 253 Å². The van der Waals surface area contributed by atoms with Gasteiger partial charge in [-0.15, -0.1) is 0 Å². The standard InChI is InChI=1S/C30H37ClFN9O2/c1-16(33)4-3-5-18-12-22(26(32)23(31)13-18)25-14-20-15-41(30(43)40-28(20)39-25)21-8-6-19(7-9-21)17(2)38-24(27(34)42)10-11-37-29(35)36/h6-9,12-17,24,38H,3-5,10-11,33H2,1-2H3,(H2,34,42)(H4,35,36,37)(H,39,40,43)/t16-,17-,24-/m0/s1. The maximum absolute atomic E-state index is 15.1. The molecule has 2 heterocycles. The van der Waals surface area contributed by atoms with Crippen molar-refractivity contribution in [2.75, 3.05) is 6.54 Å². The third-order valence-electron chi connectivity index (χ3n) is 7.19. The highest BCUT2D eigenvalue weighted by atomic mass is 35.5. The van der Waals surface area contributed by atoms with E-state index in [1.54, 1.807) is 36.5 Å². The molecule has 10 N–H and O–H groups in total. The summed E-state index contributed by atoms with van der Waals surface area (Å²) in [6.07, 6.45) is 4.40. The lowest BCUT2D eigenvalue weighted by atomic mass is 10.0. The molecule has 1 amide bonds. The Morgan fingerprint density at radius 1 is 1.14 bits per heavy atom. The Bertz CT molecular complexity index is 1680. The Morgan fingerprint density at radius 2 is 1.86 bits per heavy atom. The van der Waals surface area contributed by atoms with Gasteiger partial charge < -0.3 is 27.9 Å². The second-order valence-corrected chi connectivity index (χ2v) is 11.1. The van der Waals surface area contributed by atoms with E-state index < -0.39 is 23.5 Å². The Balaban J connectivity index is 1.56. The van der Waals surface area contributed by atoms with Crippen LogP contribution in [0.3, 0.4) is 0 Å². The van der Waals surface area contributed by atoms with Crippen molar-refractivity contribution >= 4 is 34.5 Å². The molecule has 0 bridgehead atoms. The lowest BCUT2D eigenvalue weighted by molar-refractivity contribution is -0.120. The fourth-order valence-electron chi connectivity index (χ4n) is 4.89. The molecular weight excluding hydrogens is 573 g/mol. The first-order chi connectivity index (χ1) is 20.4. The van der Waals surface area contributed by atoms with Crippen LogP contribution in [0.15, 0.2) is 58.4 Å². The van der Waals surface area contributed by atoms with E-state index in [9.17, 15) is 9.59 Å². The van der Waals surface area contributed by atoms with Crippen LogP contribution < -0.4 is 33.9 Å². The van der Waals surface area contributed by atoms with Gasteiger partial charge in [-0.3, -0.25) is 19.7 Å². The van der Waals surface area contributed by atoms with Gasteiger partial charge in [-0.25, -0.2) is 9.18 Å². The van der Waals surface area contributed by atoms with E-state index in [1.165, 1.54) is 4.57 Å². The molecule has 0 spiro atoms. The summed E-state index contributed by atoms with van der Waals surface area (Å²) in [6.45, 7) is 4.10. The second-order valence-electron chi connectivity index (χ2n) is 10.7. The molecule has 0 aliphatic carbocycles. The smallest absolute Gasteiger partial charge is 0.354 e. The number of guanidine groups is 1. The van der Waals surface area contributed by atoms with Gasteiger partial charge in [0, 0.05) is 35.8 Å². The van der Waals surface area contributed by atoms with Gasteiger partial charge in [0.1, 0.15) is 5.65 Å². The molecule has 0 aliphatic heterocycles. The first kappa shape index (κ1) is 31.7. The van der Waals surface area contributed by atoms with Crippen LogP contribution in [0.1, 0.15) is 50.3 Å². The van der Waals surface area contributed by atoms with E-state index in [-0.39, 0.29) is 29.6 Å². The summed E-state index contributed by atoms with van der Waals surface area (Å²) in [7, 11) is 0. The zero-order valence-corrected chi connectivity index (χ0v) is 24.9. The number of benzene rings is 2. The van der Waals surface area contributed by atoms with Crippen LogP contribution in [-0.2, 0) is 11.2 Å². The Morgan fingerprint density at radius 3 is 2.51 bits per heavy atom. The van der Waals surface area contributed by atoms with Gasteiger partial charge in [0.15, 0.2) is 11.8 Å². The number of H-pyrrole nitrogens is 1. The number of nitrogens with two attached hydrogens (primary N) is 4. The number of nitrogens with zero attached hydrogens (tertiary/aromatic N) is 3. The highest BCUT2D eigenvalue weighted by Gasteiger charge is 2.19. The normalized spacial score (nSPS) is 13.5. The van der Waals surface area contributed by atoms with Crippen LogP contribution in [0, 0.1) is 5.82 Å². The van der Waals surface area contributed by atoms with Crippen molar-refractivity contribution in [1.82, 2.24) is 19.9 Å². The summed E-state index contributed by atoms with van der Waals surface area (Å²) in [5.41, 5.74) is 25.1. The van der Waals surface area contributed by atoms with Gasteiger partial charge in [0.25, 0.3) is 0 Å². The molecule has 0 radical (unpaired) electrons. The molecule has 4 aromatic rings. The van der Waals surface area contributed by atoms with Gasteiger partial charge in [-0.05, 0) is 81.0 Å². The number of hydrogen-bond acceptors (Lipinski definition) is 6. The van der Waals surface area contributed by atoms with Crippen molar-refractivity contribution in [3.05, 3.63) is 81.1 Å². The molecule has 0 fully saturated rings. The molecule has 0 saturated heterocycles. The van der Waals surface area contributed by atoms with E-state index in [0.29, 0.717) is 40.8 Å². The van der Waals surface area contributed by atoms with E-state index in [1.807, 2.05) is 26.0 Å². The fraction of sp³-hybridized carbons (Fsp3) is 0.333. The SMILES string of the molecule is C[C@H](N)CCCc1cc(Cl)c(F)c(-c2cc3cn(-c4ccc([C@H](C)N[C@@H](CCN=C(N)N)C(N)=O)cc4)c(=O)nc3[nH]2)c1. The highest BCUT2D eigenvalue weighted by molar-refractivity contribution is 6.31. The summed E-state index contributed by atoms with van der Waals surface area (Å²) in [6, 6.07) is 11.6. The van der Waals surface area contributed by atoms with Crippen molar-refractivity contribution in [2.24, 2.45) is 27.9 Å². The number of hydrogen-bond donors (Lipinski definition) is 6. The van der Waals surface area contributed by atoms with Gasteiger partial charge in [0.2, 0.25) is 5.91 Å². The van der Waals surface area contributed by atoms with E-state index in [4.69, 9.17) is 34.5 Å². The van der Waals surface area contributed by atoms with Crippen LogP contribution in [0.2, 0.25) is 5.02 Å². The molecule has 0 saturated carbocycles. The molecule has 2 aromatic heterocycles. The first-order valence-corrected chi connectivity index (χ1v) is 14.4. The van der Waals surface area contributed by atoms with Crippen molar-refractivity contribution < 1.29 is 9.18 Å². The minimum absolute atomic E-state index is 0.0270. The Kier molecular flexibility index (Phi) is 10.2. The van der Waals surface area contributed by atoms with Gasteiger partial charge in [-0.1, -0.05) is 23.7 Å². The van der Waals surface area contributed by atoms with Crippen LogP contribution >= 0.6 is 11.6 Å². The quantitative estimate of drug-likeness (QED) is 0.0989. The van der Waals surface area contributed by atoms with Crippen LogP contribution in [0.25, 0.3) is 28.0 Å². The number of primary amides is 1. The number of aromatic amines is 1. The number of halogens is 2. The third-order valence-corrected chi connectivity index (χ3v) is 7.46. The largest absolute Gasteiger partial charge is 0.370 e. The number of carbonyl (C=O) groups excluding carboxylic acids is 1. The summed E-state index contributed by atoms with van der Waals surface area (Å²) in [5, 5.41) is 3.84. The van der Waals surface area contributed by atoms with E-state index in [0.717, 1.165) is 24.0 Å².